The maximum absolute atomic E-state index is 12.2. The van der Waals surface area contributed by atoms with Crippen LogP contribution in [-0.2, 0) is 11.2 Å². The molecule has 1 amide bonds. The number of amides is 1. The van der Waals surface area contributed by atoms with Crippen molar-refractivity contribution < 1.29 is 4.79 Å². The van der Waals surface area contributed by atoms with E-state index in [2.05, 4.69) is 24.8 Å². The minimum absolute atomic E-state index is 0.187. The van der Waals surface area contributed by atoms with Crippen LogP contribution < -0.4 is 4.90 Å². The first-order valence-electron chi connectivity index (χ1n) is 7.52. The van der Waals surface area contributed by atoms with E-state index in [1.165, 1.54) is 0 Å². The highest BCUT2D eigenvalue weighted by Gasteiger charge is 2.22. The number of nitrogens with zero attached hydrogens (tertiary/aromatic N) is 5. The summed E-state index contributed by atoms with van der Waals surface area (Å²) >= 11 is 0. The van der Waals surface area contributed by atoms with Crippen molar-refractivity contribution in [3.63, 3.8) is 0 Å². The van der Waals surface area contributed by atoms with Crippen molar-refractivity contribution >= 4 is 11.7 Å². The number of aromatic amines is 1. The Morgan fingerprint density at radius 1 is 1.14 bits per heavy atom. The predicted molar refractivity (Wildman–Crippen MR) is 82.5 cm³/mol. The lowest BCUT2D eigenvalue weighted by Gasteiger charge is -2.35. The minimum Gasteiger partial charge on any atom is -0.352 e. The largest absolute Gasteiger partial charge is 0.352 e. The van der Waals surface area contributed by atoms with Crippen molar-refractivity contribution in [1.29, 1.82) is 0 Å². The second-order valence-corrected chi connectivity index (χ2v) is 5.37. The number of nitrogens with one attached hydrogen (secondary N) is 1. The van der Waals surface area contributed by atoms with Crippen molar-refractivity contribution in [1.82, 2.24) is 24.8 Å². The first-order chi connectivity index (χ1) is 10.7. The summed E-state index contributed by atoms with van der Waals surface area (Å²) < 4.78 is 0. The molecule has 3 rings (SSSR count). The molecular weight excluding hydrogens is 280 g/mol. The van der Waals surface area contributed by atoms with E-state index in [0.717, 1.165) is 43.5 Å². The summed E-state index contributed by atoms with van der Waals surface area (Å²) in [5.41, 5.74) is 0.931. The fourth-order valence-electron chi connectivity index (χ4n) is 2.70. The van der Waals surface area contributed by atoms with Gasteiger partial charge in [-0.05, 0) is 6.92 Å². The highest BCUT2D eigenvalue weighted by atomic mass is 16.2. The molecular formula is C15H20N6O. The van der Waals surface area contributed by atoms with E-state index < -0.39 is 0 Å². The molecule has 2 aromatic heterocycles. The van der Waals surface area contributed by atoms with E-state index >= 15 is 0 Å². The van der Waals surface area contributed by atoms with Crippen molar-refractivity contribution in [2.75, 3.05) is 31.1 Å². The van der Waals surface area contributed by atoms with Gasteiger partial charge in [0.15, 0.2) is 0 Å². The summed E-state index contributed by atoms with van der Waals surface area (Å²) in [4.78, 5) is 32.2. The Kier molecular flexibility index (Phi) is 4.32. The average Bonchev–Trinajstić information content (AvgIpc) is 3.07. The van der Waals surface area contributed by atoms with Gasteiger partial charge in [-0.25, -0.2) is 9.97 Å². The normalized spacial score (nSPS) is 15.1. The van der Waals surface area contributed by atoms with Gasteiger partial charge in [0, 0.05) is 63.8 Å². The second-order valence-electron chi connectivity index (χ2n) is 5.37. The zero-order valence-corrected chi connectivity index (χ0v) is 12.7. The lowest BCUT2D eigenvalue weighted by atomic mass is 10.2. The fraction of sp³-hybridized carbons (Fsp3) is 0.467. The van der Waals surface area contributed by atoms with Gasteiger partial charge in [-0.2, -0.15) is 0 Å². The Morgan fingerprint density at radius 2 is 1.91 bits per heavy atom. The van der Waals surface area contributed by atoms with Crippen LogP contribution in [-0.4, -0.2) is 56.9 Å². The molecule has 7 heteroatoms. The fourth-order valence-corrected chi connectivity index (χ4v) is 2.70. The van der Waals surface area contributed by atoms with Gasteiger partial charge in [0.2, 0.25) is 5.91 Å². The Bertz CT molecular complexity index is 619. The Balaban J connectivity index is 1.51. The van der Waals surface area contributed by atoms with E-state index in [1.807, 2.05) is 11.8 Å². The van der Waals surface area contributed by atoms with Crippen LogP contribution in [0.1, 0.15) is 17.9 Å². The Morgan fingerprint density at radius 3 is 2.59 bits per heavy atom. The summed E-state index contributed by atoms with van der Waals surface area (Å²) in [6, 6.07) is 0. The third kappa shape index (κ3) is 3.24. The molecule has 1 fully saturated rings. The Labute approximate surface area is 129 Å². The van der Waals surface area contributed by atoms with E-state index in [-0.39, 0.29) is 5.91 Å². The number of carbonyl (C=O) groups excluding carboxylic acids is 1. The zero-order chi connectivity index (χ0) is 15.4. The van der Waals surface area contributed by atoms with Gasteiger partial charge in [-0.15, -0.1) is 0 Å². The highest BCUT2D eigenvalue weighted by molar-refractivity contribution is 5.76. The number of piperazine rings is 1. The van der Waals surface area contributed by atoms with Gasteiger partial charge in [0.05, 0.1) is 5.69 Å². The number of H-pyrrole nitrogens is 1. The van der Waals surface area contributed by atoms with Crippen molar-refractivity contribution in [3.05, 3.63) is 36.3 Å². The van der Waals surface area contributed by atoms with E-state index in [1.54, 1.807) is 24.8 Å². The van der Waals surface area contributed by atoms with Crippen LogP contribution in [0.2, 0.25) is 0 Å². The SMILES string of the molecule is Cc1nccnc1N1CCN(C(=O)CCc2ncc[nH]2)CC1. The van der Waals surface area contributed by atoms with Gasteiger partial charge in [-0.1, -0.05) is 0 Å². The van der Waals surface area contributed by atoms with Crippen LogP contribution in [0.4, 0.5) is 5.82 Å². The maximum Gasteiger partial charge on any atom is 0.223 e. The topological polar surface area (TPSA) is 78.0 Å². The molecule has 0 unspecified atom stereocenters. The lowest BCUT2D eigenvalue weighted by Crippen LogP contribution is -2.49. The molecule has 0 saturated carbocycles. The molecule has 0 aromatic carbocycles. The first-order valence-corrected chi connectivity index (χ1v) is 7.52. The number of hydrogen-bond donors (Lipinski definition) is 1. The quantitative estimate of drug-likeness (QED) is 0.903. The summed E-state index contributed by atoms with van der Waals surface area (Å²) in [5, 5.41) is 0. The van der Waals surface area contributed by atoms with Gasteiger partial charge in [0.1, 0.15) is 11.6 Å². The summed E-state index contributed by atoms with van der Waals surface area (Å²) in [6.45, 7) is 5.02. The maximum atomic E-state index is 12.2. The summed E-state index contributed by atoms with van der Waals surface area (Å²) in [7, 11) is 0. The van der Waals surface area contributed by atoms with Crippen LogP contribution >= 0.6 is 0 Å². The predicted octanol–water partition coefficient (Wildman–Crippen LogP) is 0.790. The van der Waals surface area contributed by atoms with E-state index in [0.29, 0.717) is 12.8 Å². The minimum atomic E-state index is 0.187. The van der Waals surface area contributed by atoms with Gasteiger partial charge in [-0.3, -0.25) is 9.78 Å². The molecule has 7 nitrogen and oxygen atoms in total. The number of rotatable bonds is 4. The van der Waals surface area contributed by atoms with Gasteiger partial charge < -0.3 is 14.8 Å². The second kappa shape index (κ2) is 6.55. The molecule has 3 heterocycles. The monoisotopic (exact) mass is 300 g/mol. The average molecular weight is 300 g/mol. The van der Waals surface area contributed by atoms with Crippen LogP contribution in [0, 0.1) is 6.92 Å². The molecule has 0 radical (unpaired) electrons. The number of hydrogen-bond acceptors (Lipinski definition) is 5. The number of anilines is 1. The standard InChI is InChI=1S/C15H20N6O/c1-12-15(19-7-4-16-12)21-10-8-20(9-11-21)14(22)3-2-13-17-5-6-18-13/h4-7H,2-3,8-11H2,1H3,(H,17,18). The molecule has 0 spiro atoms. The molecule has 2 aromatic rings. The lowest BCUT2D eigenvalue weighted by molar-refractivity contribution is -0.131. The first kappa shape index (κ1) is 14.5. The van der Waals surface area contributed by atoms with Crippen molar-refractivity contribution in [2.45, 2.75) is 19.8 Å². The number of carbonyl (C=O) groups is 1. The molecule has 1 N–H and O–H groups in total. The number of aromatic nitrogens is 4. The molecule has 22 heavy (non-hydrogen) atoms. The van der Waals surface area contributed by atoms with E-state index in [9.17, 15) is 4.79 Å². The molecule has 0 atom stereocenters. The van der Waals surface area contributed by atoms with Crippen LogP contribution in [0.25, 0.3) is 0 Å². The van der Waals surface area contributed by atoms with Crippen molar-refractivity contribution in [2.24, 2.45) is 0 Å². The Hall–Kier alpha value is -2.44. The van der Waals surface area contributed by atoms with Gasteiger partial charge >= 0.3 is 0 Å². The van der Waals surface area contributed by atoms with Crippen molar-refractivity contribution in [3.8, 4) is 0 Å². The molecule has 116 valence electrons. The van der Waals surface area contributed by atoms with Gasteiger partial charge in [0.25, 0.3) is 0 Å². The molecule has 1 aliphatic rings. The smallest absolute Gasteiger partial charge is 0.223 e. The van der Waals surface area contributed by atoms with E-state index in [4.69, 9.17) is 0 Å². The van der Waals surface area contributed by atoms with Crippen LogP contribution in [0.15, 0.2) is 24.8 Å². The molecule has 0 bridgehead atoms. The summed E-state index contributed by atoms with van der Waals surface area (Å²) in [6.07, 6.45) is 8.06. The number of imidazole rings is 1. The number of aryl methyl sites for hydroxylation is 2. The molecule has 1 saturated heterocycles. The van der Waals surface area contributed by atoms with Crippen LogP contribution in [0.5, 0.6) is 0 Å². The molecule has 0 aliphatic carbocycles. The zero-order valence-electron chi connectivity index (χ0n) is 12.7. The third-order valence-electron chi connectivity index (χ3n) is 3.92. The van der Waals surface area contributed by atoms with Crippen LogP contribution in [0.3, 0.4) is 0 Å². The highest BCUT2D eigenvalue weighted by Crippen LogP contribution is 2.16. The summed E-state index contributed by atoms with van der Waals surface area (Å²) in [5.74, 6) is 1.97. The third-order valence-corrected chi connectivity index (χ3v) is 3.92. The molecule has 1 aliphatic heterocycles.